The average molecular weight is 287 g/mol. The summed E-state index contributed by atoms with van der Waals surface area (Å²) in [6, 6.07) is 7.44. The molecule has 6 heteroatoms. The van der Waals surface area contributed by atoms with Crippen LogP contribution in [0.4, 0.5) is 0 Å². The molecule has 2 heterocycles. The predicted molar refractivity (Wildman–Crippen MR) is 76.7 cm³/mol. The Kier molecular flexibility index (Phi) is 3.87. The molecule has 1 aromatic heterocycles. The molecule has 3 rings (SSSR count). The van der Waals surface area contributed by atoms with Crippen molar-refractivity contribution >= 4 is 0 Å². The second-order valence-electron chi connectivity index (χ2n) is 4.63. The van der Waals surface area contributed by atoms with Crippen LogP contribution in [0, 0.1) is 0 Å². The van der Waals surface area contributed by atoms with Gasteiger partial charge in [-0.25, -0.2) is 4.98 Å². The van der Waals surface area contributed by atoms with E-state index in [1.807, 2.05) is 31.3 Å². The van der Waals surface area contributed by atoms with Crippen molar-refractivity contribution in [2.75, 3.05) is 20.8 Å². The van der Waals surface area contributed by atoms with Crippen molar-refractivity contribution in [2.24, 2.45) is 0 Å². The third-order valence-corrected chi connectivity index (χ3v) is 3.39. The first kappa shape index (κ1) is 13.6. The molecule has 2 atom stereocenters. The van der Waals surface area contributed by atoms with Crippen molar-refractivity contribution in [3.63, 3.8) is 0 Å². The van der Waals surface area contributed by atoms with Gasteiger partial charge in [-0.1, -0.05) is 12.1 Å². The molecule has 21 heavy (non-hydrogen) atoms. The standard InChI is InChI=1S/C15H17N3O3/c1-16-13(14-15(19-2)18-8-7-17-14)12-9-20-10-5-3-4-6-11(10)21-12/h3-8,12-13,16H,9H2,1-2H3. The van der Waals surface area contributed by atoms with Gasteiger partial charge in [0.05, 0.1) is 13.2 Å². The molecule has 6 nitrogen and oxygen atoms in total. The second kappa shape index (κ2) is 5.97. The van der Waals surface area contributed by atoms with Gasteiger partial charge in [0.15, 0.2) is 17.6 Å². The van der Waals surface area contributed by atoms with E-state index >= 15 is 0 Å². The van der Waals surface area contributed by atoms with Gasteiger partial charge in [-0.15, -0.1) is 0 Å². The minimum absolute atomic E-state index is 0.179. The summed E-state index contributed by atoms with van der Waals surface area (Å²) in [7, 11) is 3.43. The van der Waals surface area contributed by atoms with Crippen LogP contribution in [0.15, 0.2) is 36.7 Å². The zero-order chi connectivity index (χ0) is 14.7. The number of benzene rings is 1. The van der Waals surface area contributed by atoms with Crippen LogP contribution < -0.4 is 19.5 Å². The summed E-state index contributed by atoms with van der Waals surface area (Å²) in [5.41, 5.74) is 0.704. The van der Waals surface area contributed by atoms with E-state index in [0.717, 1.165) is 11.5 Å². The van der Waals surface area contributed by atoms with Gasteiger partial charge in [0, 0.05) is 12.4 Å². The Labute approximate surface area is 123 Å². The van der Waals surface area contributed by atoms with E-state index in [1.165, 1.54) is 0 Å². The highest BCUT2D eigenvalue weighted by Crippen LogP contribution is 2.35. The number of methoxy groups -OCH3 is 1. The number of para-hydroxylation sites is 2. The zero-order valence-electron chi connectivity index (χ0n) is 11.9. The minimum atomic E-state index is -0.213. The maximum Gasteiger partial charge on any atom is 0.237 e. The molecule has 1 aliphatic heterocycles. The fraction of sp³-hybridized carbons (Fsp3) is 0.333. The van der Waals surface area contributed by atoms with Crippen LogP contribution in [-0.4, -0.2) is 36.8 Å². The van der Waals surface area contributed by atoms with E-state index in [0.29, 0.717) is 18.2 Å². The molecule has 0 saturated carbocycles. The predicted octanol–water partition coefficient (Wildman–Crippen LogP) is 1.59. The van der Waals surface area contributed by atoms with Crippen LogP contribution in [0.3, 0.4) is 0 Å². The highest BCUT2D eigenvalue weighted by atomic mass is 16.6. The maximum atomic E-state index is 6.03. The topological polar surface area (TPSA) is 65.5 Å². The lowest BCUT2D eigenvalue weighted by atomic mass is 10.1. The average Bonchev–Trinajstić information content (AvgIpc) is 2.56. The number of rotatable bonds is 4. The number of aromatic nitrogens is 2. The van der Waals surface area contributed by atoms with E-state index in [2.05, 4.69) is 15.3 Å². The Bertz CT molecular complexity index is 621. The molecule has 2 aromatic rings. The Morgan fingerprint density at radius 1 is 1.24 bits per heavy atom. The highest BCUT2D eigenvalue weighted by molar-refractivity contribution is 5.41. The molecule has 0 spiro atoms. The minimum Gasteiger partial charge on any atom is -0.486 e. The third kappa shape index (κ3) is 2.62. The first-order valence-electron chi connectivity index (χ1n) is 6.74. The molecule has 1 aromatic carbocycles. The van der Waals surface area contributed by atoms with Gasteiger partial charge in [0.2, 0.25) is 5.88 Å². The van der Waals surface area contributed by atoms with Gasteiger partial charge in [-0.05, 0) is 19.2 Å². The summed E-state index contributed by atoms with van der Waals surface area (Å²) < 4.78 is 17.1. The monoisotopic (exact) mass is 287 g/mol. The Morgan fingerprint density at radius 3 is 2.76 bits per heavy atom. The smallest absolute Gasteiger partial charge is 0.237 e. The van der Waals surface area contributed by atoms with Gasteiger partial charge < -0.3 is 19.5 Å². The van der Waals surface area contributed by atoms with Gasteiger partial charge in [0.25, 0.3) is 0 Å². The molecule has 0 amide bonds. The number of fused-ring (bicyclic) bond motifs is 1. The molecule has 110 valence electrons. The van der Waals surface area contributed by atoms with Crippen molar-refractivity contribution in [3.05, 3.63) is 42.4 Å². The van der Waals surface area contributed by atoms with Crippen molar-refractivity contribution in [2.45, 2.75) is 12.1 Å². The molecule has 0 saturated heterocycles. The first-order valence-corrected chi connectivity index (χ1v) is 6.74. The van der Waals surface area contributed by atoms with Crippen LogP contribution >= 0.6 is 0 Å². The highest BCUT2D eigenvalue weighted by Gasteiger charge is 2.32. The molecule has 1 N–H and O–H groups in total. The van der Waals surface area contributed by atoms with Crippen molar-refractivity contribution in [1.82, 2.24) is 15.3 Å². The zero-order valence-corrected chi connectivity index (χ0v) is 11.9. The van der Waals surface area contributed by atoms with Gasteiger partial charge in [-0.3, -0.25) is 4.98 Å². The largest absolute Gasteiger partial charge is 0.486 e. The number of hydrogen-bond acceptors (Lipinski definition) is 6. The molecule has 0 radical (unpaired) electrons. The number of nitrogens with one attached hydrogen (secondary N) is 1. The van der Waals surface area contributed by atoms with E-state index < -0.39 is 0 Å². The lowest BCUT2D eigenvalue weighted by Gasteiger charge is -2.31. The molecular weight excluding hydrogens is 270 g/mol. The van der Waals surface area contributed by atoms with Gasteiger partial charge in [0.1, 0.15) is 12.3 Å². The van der Waals surface area contributed by atoms with Crippen LogP contribution in [0.1, 0.15) is 11.7 Å². The summed E-state index contributed by atoms with van der Waals surface area (Å²) in [6.07, 6.45) is 3.03. The Balaban J connectivity index is 1.88. The first-order chi connectivity index (χ1) is 10.3. The lowest BCUT2D eigenvalue weighted by molar-refractivity contribution is 0.0617. The third-order valence-electron chi connectivity index (χ3n) is 3.39. The molecule has 0 aliphatic carbocycles. The summed E-state index contributed by atoms with van der Waals surface area (Å²) >= 11 is 0. The SMILES string of the molecule is CNC(c1nccnc1OC)C1COc2ccccc2O1. The van der Waals surface area contributed by atoms with Crippen LogP contribution in [-0.2, 0) is 0 Å². The van der Waals surface area contributed by atoms with Crippen molar-refractivity contribution in [1.29, 1.82) is 0 Å². The van der Waals surface area contributed by atoms with Gasteiger partial charge in [-0.2, -0.15) is 0 Å². The quantitative estimate of drug-likeness (QED) is 0.921. The van der Waals surface area contributed by atoms with Crippen molar-refractivity contribution < 1.29 is 14.2 Å². The fourth-order valence-corrected chi connectivity index (χ4v) is 2.41. The summed E-state index contributed by atoms with van der Waals surface area (Å²) in [6.45, 7) is 0.433. The lowest BCUT2D eigenvalue weighted by Crippen LogP contribution is -2.41. The van der Waals surface area contributed by atoms with E-state index in [1.54, 1.807) is 19.5 Å². The number of ether oxygens (including phenoxy) is 3. The van der Waals surface area contributed by atoms with Crippen LogP contribution in [0.2, 0.25) is 0 Å². The number of hydrogen-bond donors (Lipinski definition) is 1. The summed E-state index contributed by atoms with van der Waals surface area (Å²) in [5, 5.41) is 3.21. The van der Waals surface area contributed by atoms with E-state index in [4.69, 9.17) is 14.2 Å². The molecule has 0 bridgehead atoms. The number of likely N-dealkylation sites (N-methyl/N-ethyl adjacent to an activating group) is 1. The van der Waals surface area contributed by atoms with Crippen LogP contribution in [0.5, 0.6) is 17.4 Å². The van der Waals surface area contributed by atoms with Gasteiger partial charge >= 0.3 is 0 Å². The Morgan fingerprint density at radius 2 is 2.00 bits per heavy atom. The number of nitrogens with zero attached hydrogens (tertiary/aromatic N) is 2. The normalized spacial score (nSPS) is 18.1. The maximum absolute atomic E-state index is 6.03. The summed E-state index contributed by atoms with van der Waals surface area (Å²) in [5.74, 6) is 1.98. The van der Waals surface area contributed by atoms with E-state index in [9.17, 15) is 0 Å². The summed E-state index contributed by atoms with van der Waals surface area (Å²) in [4.78, 5) is 8.55. The molecule has 2 unspecified atom stereocenters. The Hall–Kier alpha value is -2.34. The molecular formula is C15H17N3O3. The second-order valence-corrected chi connectivity index (χ2v) is 4.63. The van der Waals surface area contributed by atoms with E-state index in [-0.39, 0.29) is 12.1 Å². The fourth-order valence-electron chi connectivity index (χ4n) is 2.41. The molecule has 1 aliphatic rings. The molecule has 0 fully saturated rings. The van der Waals surface area contributed by atoms with Crippen LogP contribution in [0.25, 0.3) is 0 Å². The van der Waals surface area contributed by atoms with Crippen molar-refractivity contribution in [3.8, 4) is 17.4 Å².